The lowest BCUT2D eigenvalue weighted by molar-refractivity contribution is -0.120. The van der Waals surface area contributed by atoms with E-state index in [1.165, 1.54) is 5.56 Å². The molecule has 32 heavy (non-hydrogen) atoms. The Hall–Kier alpha value is -3.13. The zero-order valence-corrected chi connectivity index (χ0v) is 19.1. The number of hydrogen-bond donors (Lipinski definition) is 0. The summed E-state index contributed by atoms with van der Waals surface area (Å²) < 4.78 is 6.41. The predicted molar refractivity (Wildman–Crippen MR) is 125 cm³/mol. The van der Waals surface area contributed by atoms with Gasteiger partial charge in [0.15, 0.2) is 22.4 Å². The van der Waals surface area contributed by atoms with E-state index in [1.54, 1.807) is 24.5 Å². The van der Waals surface area contributed by atoms with Gasteiger partial charge < -0.3 is 9.42 Å². The van der Waals surface area contributed by atoms with Crippen LogP contribution < -0.4 is 4.90 Å². The zero-order chi connectivity index (χ0) is 22.1. The van der Waals surface area contributed by atoms with Gasteiger partial charge in [0.2, 0.25) is 0 Å². The van der Waals surface area contributed by atoms with Gasteiger partial charge in [-0.25, -0.2) is 4.98 Å². The number of aromatic nitrogens is 4. The van der Waals surface area contributed by atoms with Crippen molar-refractivity contribution in [1.82, 2.24) is 20.1 Å². The molecule has 164 valence electrons. The summed E-state index contributed by atoms with van der Waals surface area (Å²) in [5.41, 5.74) is 3.87. The third-order valence-electron chi connectivity index (χ3n) is 6.00. The van der Waals surface area contributed by atoms with Gasteiger partial charge in [0.25, 0.3) is 5.89 Å². The van der Waals surface area contributed by atoms with Crippen molar-refractivity contribution in [2.75, 3.05) is 11.4 Å². The van der Waals surface area contributed by atoms with Gasteiger partial charge in [-0.05, 0) is 43.7 Å². The standard InChI is InChI=1S/C24H25N5O2S/c1-3-17-18(23-26-15(2)28-31-23)14-25-22-21(17)32-24(27-22)29-13-7-10-19(29)20(30)12-11-16-8-5-4-6-9-16/h4-6,8-9,14,19H,3,7,10-13H2,1-2H3/t19-/m1/s1. The molecular weight excluding hydrogens is 422 g/mol. The molecule has 3 aromatic heterocycles. The highest BCUT2D eigenvalue weighted by Crippen LogP contribution is 2.38. The number of hydrogen-bond acceptors (Lipinski definition) is 8. The molecule has 0 radical (unpaired) electrons. The van der Waals surface area contributed by atoms with Crippen molar-refractivity contribution in [1.29, 1.82) is 0 Å². The van der Waals surface area contributed by atoms with Crippen LogP contribution in [0.15, 0.2) is 41.1 Å². The van der Waals surface area contributed by atoms with Crippen LogP contribution in [0.4, 0.5) is 5.13 Å². The van der Waals surface area contributed by atoms with Crippen molar-refractivity contribution in [3.8, 4) is 11.5 Å². The maximum absolute atomic E-state index is 13.1. The molecule has 1 aliphatic rings. The van der Waals surface area contributed by atoms with Gasteiger partial charge in [0, 0.05) is 19.2 Å². The van der Waals surface area contributed by atoms with Gasteiger partial charge >= 0.3 is 0 Å². The van der Waals surface area contributed by atoms with E-state index in [-0.39, 0.29) is 11.8 Å². The van der Waals surface area contributed by atoms with E-state index in [9.17, 15) is 4.79 Å². The molecule has 0 aliphatic carbocycles. The van der Waals surface area contributed by atoms with Crippen LogP contribution in [0, 0.1) is 6.92 Å². The number of thiazole rings is 1. The van der Waals surface area contributed by atoms with Gasteiger partial charge in [-0.2, -0.15) is 9.97 Å². The quantitative estimate of drug-likeness (QED) is 0.403. The van der Waals surface area contributed by atoms with Crippen LogP contribution in [0.1, 0.15) is 43.1 Å². The predicted octanol–water partition coefficient (Wildman–Crippen LogP) is 4.78. The molecular formula is C24H25N5O2S. The normalized spacial score (nSPS) is 16.2. The van der Waals surface area contributed by atoms with E-state index >= 15 is 0 Å². The van der Waals surface area contributed by atoms with Crippen molar-refractivity contribution in [2.24, 2.45) is 0 Å². The highest BCUT2D eigenvalue weighted by Gasteiger charge is 2.32. The minimum atomic E-state index is -0.109. The summed E-state index contributed by atoms with van der Waals surface area (Å²) in [5.74, 6) is 1.37. The first kappa shape index (κ1) is 20.8. The average Bonchev–Trinajstić information content (AvgIpc) is 3.56. The fourth-order valence-electron chi connectivity index (χ4n) is 4.38. The Morgan fingerprint density at radius 2 is 2.09 bits per heavy atom. The number of anilines is 1. The number of aryl methyl sites for hydroxylation is 3. The Labute approximate surface area is 190 Å². The molecule has 1 aliphatic heterocycles. The van der Waals surface area contributed by atoms with Crippen molar-refractivity contribution in [2.45, 2.75) is 52.0 Å². The zero-order valence-electron chi connectivity index (χ0n) is 18.2. The van der Waals surface area contributed by atoms with Crippen LogP contribution in [-0.2, 0) is 17.6 Å². The summed E-state index contributed by atoms with van der Waals surface area (Å²) in [4.78, 5) is 29.0. The van der Waals surface area contributed by atoms with Crippen LogP contribution in [0.5, 0.6) is 0 Å². The van der Waals surface area contributed by atoms with E-state index in [0.717, 1.165) is 53.2 Å². The van der Waals surface area contributed by atoms with Crippen molar-refractivity contribution in [3.63, 3.8) is 0 Å². The number of rotatable bonds is 7. The third kappa shape index (κ3) is 3.90. The Balaban J connectivity index is 1.41. The van der Waals surface area contributed by atoms with Gasteiger partial charge in [-0.1, -0.05) is 53.7 Å². The first-order valence-corrected chi connectivity index (χ1v) is 11.9. The molecule has 1 aromatic carbocycles. The fraction of sp³-hybridized carbons (Fsp3) is 0.375. The SMILES string of the molecule is CCc1c(-c2nc(C)no2)cnc2nc(N3CCC[C@@H]3C(=O)CCc3ccccc3)sc12. The smallest absolute Gasteiger partial charge is 0.259 e. The number of benzene rings is 1. The van der Waals surface area contributed by atoms with Gasteiger partial charge in [-0.15, -0.1) is 0 Å². The monoisotopic (exact) mass is 447 g/mol. The number of fused-ring (bicyclic) bond motifs is 1. The van der Waals surface area contributed by atoms with Gasteiger partial charge in [0.1, 0.15) is 0 Å². The molecule has 4 heterocycles. The maximum Gasteiger partial charge on any atom is 0.259 e. The summed E-state index contributed by atoms with van der Waals surface area (Å²) in [5, 5.41) is 4.79. The highest BCUT2D eigenvalue weighted by molar-refractivity contribution is 7.22. The topological polar surface area (TPSA) is 85.0 Å². The molecule has 1 fully saturated rings. The van der Waals surface area contributed by atoms with Crippen LogP contribution >= 0.6 is 11.3 Å². The Bertz CT molecular complexity index is 1250. The molecule has 7 nitrogen and oxygen atoms in total. The first-order valence-electron chi connectivity index (χ1n) is 11.1. The second kappa shape index (κ2) is 8.78. The minimum absolute atomic E-state index is 0.109. The number of carbonyl (C=O) groups is 1. The average molecular weight is 448 g/mol. The number of nitrogens with zero attached hydrogens (tertiary/aromatic N) is 5. The summed E-state index contributed by atoms with van der Waals surface area (Å²) in [6.07, 6.45) is 5.77. The van der Waals surface area contributed by atoms with Crippen molar-refractivity contribution < 1.29 is 9.32 Å². The van der Waals surface area contributed by atoms with Crippen molar-refractivity contribution >= 4 is 32.6 Å². The van der Waals surface area contributed by atoms with Gasteiger partial charge in [0.05, 0.1) is 16.3 Å². The molecule has 0 bridgehead atoms. The van der Waals surface area contributed by atoms with E-state index in [2.05, 4.69) is 39.1 Å². The lowest BCUT2D eigenvalue weighted by Gasteiger charge is -2.22. The molecule has 0 spiro atoms. The van der Waals surface area contributed by atoms with E-state index in [0.29, 0.717) is 23.8 Å². The molecule has 1 atom stereocenters. The molecule has 0 saturated carbocycles. The summed E-state index contributed by atoms with van der Waals surface area (Å²) >= 11 is 1.61. The molecule has 0 N–H and O–H groups in total. The lowest BCUT2D eigenvalue weighted by Crippen LogP contribution is -2.36. The molecule has 1 saturated heterocycles. The molecule has 8 heteroatoms. The fourth-order valence-corrected chi connectivity index (χ4v) is 5.60. The summed E-state index contributed by atoms with van der Waals surface area (Å²) in [6, 6.07) is 10.1. The maximum atomic E-state index is 13.1. The first-order chi connectivity index (χ1) is 15.6. The molecule has 5 rings (SSSR count). The van der Waals surface area contributed by atoms with Crippen LogP contribution in [0.3, 0.4) is 0 Å². The van der Waals surface area contributed by atoms with E-state index < -0.39 is 0 Å². The number of ketones is 1. The van der Waals surface area contributed by atoms with Crippen molar-refractivity contribution in [3.05, 3.63) is 53.5 Å². The number of pyridine rings is 1. The third-order valence-corrected chi connectivity index (χ3v) is 7.14. The molecule has 4 aromatic rings. The minimum Gasteiger partial charge on any atom is -0.338 e. The van der Waals surface area contributed by atoms with Crippen LogP contribution in [0.25, 0.3) is 21.8 Å². The molecule has 0 amide bonds. The van der Waals surface area contributed by atoms with E-state index in [4.69, 9.17) is 9.51 Å². The summed E-state index contributed by atoms with van der Waals surface area (Å²) in [7, 11) is 0. The van der Waals surface area contributed by atoms with E-state index in [1.807, 2.05) is 18.2 Å². The largest absolute Gasteiger partial charge is 0.338 e. The summed E-state index contributed by atoms with van der Waals surface area (Å²) in [6.45, 7) is 4.75. The highest BCUT2D eigenvalue weighted by atomic mass is 32.1. The Kier molecular flexibility index (Phi) is 5.70. The van der Waals surface area contributed by atoms with Gasteiger partial charge in [-0.3, -0.25) is 4.79 Å². The molecule has 0 unspecified atom stereocenters. The second-order valence-corrected chi connectivity index (χ2v) is 9.08. The van der Waals surface area contributed by atoms with Crippen LogP contribution in [0.2, 0.25) is 0 Å². The Morgan fingerprint density at radius 3 is 2.84 bits per heavy atom. The number of Topliss-reactive ketones (excluding diaryl/α,β-unsaturated/α-hetero) is 1. The Morgan fingerprint density at radius 1 is 1.25 bits per heavy atom. The number of carbonyl (C=O) groups excluding carboxylic acids is 1. The van der Waals surface area contributed by atoms with Crippen LogP contribution in [-0.4, -0.2) is 38.5 Å². The lowest BCUT2D eigenvalue weighted by atomic mass is 10.0. The second-order valence-electron chi connectivity index (χ2n) is 8.10.